The van der Waals surface area contributed by atoms with Crippen molar-refractivity contribution in [2.24, 2.45) is 9.98 Å². The summed E-state index contributed by atoms with van der Waals surface area (Å²) in [4.78, 5) is 9.84. The lowest BCUT2D eigenvalue weighted by Gasteiger charge is -2.18. The van der Waals surface area contributed by atoms with Crippen LogP contribution in [-0.4, -0.2) is 22.6 Å². The van der Waals surface area contributed by atoms with E-state index >= 15 is 0 Å². The molecule has 194 valence electrons. The third-order valence-electron chi connectivity index (χ3n) is 7.21. The fourth-order valence-corrected chi connectivity index (χ4v) is 5.32. The van der Waals surface area contributed by atoms with Crippen molar-refractivity contribution in [2.45, 2.75) is 12.1 Å². The van der Waals surface area contributed by atoms with Gasteiger partial charge in [-0.3, -0.25) is 9.98 Å². The van der Waals surface area contributed by atoms with Crippen LogP contribution in [0.4, 0.5) is 0 Å². The third-order valence-corrected chi connectivity index (χ3v) is 7.21. The minimum absolute atomic E-state index is 0.199. The Labute approximate surface area is 233 Å². The number of phenolic OH excluding ortho intramolecular Hbond substituents is 2. The molecule has 0 saturated carbocycles. The first-order valence-electron chi connectivity index (χ1n) is 13.3. The van der Waals surface area contributed by atoms with E-state index in [0.29, 0.717) is 0 Å². The first-order chi connectivity index (χ1) is 19.7. The highest BCUT2D eigenvalue weighted by molar-refractivity contribution is 6.16. The molecule has 0 spiro atoms. The number of rotatable bonds is 7. The molecule has 4 nitrogen and oxygen atoms in total. The number of hydrogen-bond donors (Lipinski definition) is 2. The average molecular weight is 521 g/mol. The highest BCUT2D eigenvalue weighted by Gasteiger charge is 2.21. The van der Waals surface area contributed by atoms with Gasteiger partial charge < -0.3 is 10.2 Å². The smallest absolute Gasteiger partial charge is 0.121 e. The van der Waals surface area contributed by atoms with Crippen LogP contribution in [-0.2, 0) is 0 Å². The van der Waals surface area contributed by atoms with Gasteiger partial charge in [-0.1, -0.05) is 121 Å². The van der Waals surface area contributed by atoms with Crippen molar-refractivity contribution >= 4 is 34.0 Å². The van der Waals surface area contributed by atoms with Crippen molar-refractivity contribution in [2.75, 3.05) is 0 Å². The Morgan fingerprint density at radius 1 is 0.425 bits per heavy atom. The molecule has 40 heavy (non-hydrogen) atoms. The van der Waals surface area contributed by atoms with Gasteiger partial charge in [-0.2, -0.15) is 0 Å². The number of aromatic hydroxyl groups is 2. The SMILES string of the molecule is Oc1ccc2ccccc2c1C(N=CC=NC(c1ccccc1)c1c(O)ccc2ccccc12)c1ccccc1. The fourth-order valence-electron chi connectivity index (χ4n) is 5.32. The van der Waals surface area contributed by atoms with Crippen LogP contribution >= 0.6 is 0 Å². The predicted octanol–water partition coefficient (Wildman–Crippen LogP) is 8.42. The number of hydrogen-bond acceptors (Lipinski definition) is 4. The summed E-state index contributed by atoms with van der Waals surface area (Å²) in [6, 6.07) is 42.3. The standard InChI is InChI=1S/C36H28N2O2/c39-31-21-19-25-11-7-9-17-29(25)33(31)35(27-13-3-1-4-14-27)37-23-24-38-36(28-15-5-2-6-16-28)34-30-18-10-8-12-26(30)20-22-32(34)40/h1-24,35-36,39-40H. The lowest BCUT2D eigenvalue weighted by atomic mass is 9.93. The molecule has 6 aromatic carbocycles. The van der Waals surface area contributed by atoms with Crippen molar-refractivity contribution in [3.63, 3.8) is 0 Å². The van der Waals surface area contributed by atoms with Gasteiger partial charge in [0.05, 0.1) is 0 Å². The molecule has 0 amide bonds. The number of benzene rings is 6. The van der Waals surface area contributed by atoms with Gasteiger partial charge in [-0.25, -0.2) is 0 Å². The number of aliphatic imine (C=N–C) groups is 2. The lowest BCUT2D eigenvalue weighted by molar-refractivity contribution is 0.466. The van der Waals surface area contributed by atoms with Crippen molar-refractivity contribution < 1.29 is 10.2 Å². The summed E-state index contributed by atoms with van der Waals surface area (Å²) in [5, 5.41) is 25.9. The molecule has 0 aliphatic rings. The molecule has 2 unspecified atom stereocenters. The van der Waals surface area contributed by atoms with E-state index in [1.807, 2.05) is 121 Å². The van der Waals surface area contributed by atoms with Crippen molar-refractivity contribution in [1.29, 1.82) is 0 Å². The van der Waals surface area contributed by atoms with Crippen LogP contribution in [0.5, 0.6) is 11.5 Å². The Morgan fingerprint density at radius 3 is 1.23 bits per heavy atom. The first-order valence-corrected chi connectivity index (χ1v) is 13.3. The van der Waals surface area contributed by atoms with Crippen molar-refractivity contribution in [1.82, 2.24) is 0 Å². The summed E-state index contributed by atoms with van der Waals surface area (Å²) in [5.41, 5.74) is 3.43. The zero-order valence-electron chi connectivity index (χ0n) is 21.8. The molecule has 2 N–H and O–H groups in total. The van der Waals surface area contributed by atoms with Gasteiger partial charge in [0.25, 0.3) is 0 Å². The van der Waals surface area contributed by atoms with Crippen LogP contribution in [0.1, 0.15) is 34.3 Å². The van der Waals surface area contributed by atoms with Crippen LogP contribution in [0.3, 0.4) is 0 Å². The molecule has 0 bridgehead atoms. The minimum atomic E-state index is -0.431. The molecule has 6 rings (SSSR count). The quantitative estimate of drug-likeness (QED) is 0.208. The molecule has 0 aliphatic carbocycles. The molecular formula is C36H28N2O2. The third kappa shape index (κ3) is 4.95. The van der Waals surface area contributed by atoms with Gasteiger partial charge >= 0.3 is 0 Å². The van der Waals surface area contributed by atoms with Crippen LogP contribution in [0.15, 0.2) is 143 Å². The van der Waals surface area contributed by atoms with E-state index in [1.54, 1.807) is 24.6 Å². The van der Waals surface area contributed by atoms with E-state index < -0.39 is 12.1 Å². The zero-order valence-corrected chi connectivity index (χ0v) is 21.8. The molecule has 0 aromatic heterocycles. The number of phenols is 2. The van der Waals surface area contributed by atoms with Gasteiger partial charge in [0.1, 0.15) is 23.6 Å². The van der Waals surface area contributed by atoms with Crippen LogP contribution in [0, 0.1) is 0 Å². The maximum atomic E-state index is 11.0. The molecule has 0 saturated heterocycles. The molecule has 0 radical (unpaired) electrons. The molecule has 0 aliphatic heterocycles. The zero-order chi connectivity index (χ0) is 27.3. The van der Waals surface area contributed by atoms with Gasteiger partial charge in [0.2, 0.25) is 0 Å². The monoisotopic (exact) mass is 520 g/mol. The van der Waals surface area contributed by atoms with Gasteiger partial charge in [-0.05, 0) is 44.8 Å². The largest absolute Gasteiger partial charge is 0.508 e. The van der Waals surface area contributed by atoms with E-state index in [-0.39, 0.29) is 11.5 Å². The normalized spacial score (nSPS) is 13.3. The molecule has 6 aromatic rings. The Kier molecular flexibility index (Phi) is 7.06. The van der Waals surface area contributed by atoms with Gasteiger partial charge in [-0.15, -0.1) is 0 Å². The maximum absolute atomic E-state index is 11.0. The summed E-state index contributed by atoms with van der Waals surface area (Å²) in [6.45, 7) is 0. The van der Waals surface area contributed by atoms with Crippen LogP contribution in [0.2, 0.25) is 0 Å². The highest BCUT2D eigenvalue weighted by atomic mass is 16.3. The number of nitrogens with zero attached hydrogens (tertiary/aromatic N) is 2. The van der Waals surface area contributed by atoms with Crippen molar-refractivity contribution in [3.8, 4) is 11.5 Å². The predicted molar refractivity (Wildman–Crippen MR) is 165 cm³/mol. The summed E-state index contributed by atoms with van der Waals surface area (Å²) < 4.78 is 0. The second kappa shape index (κ2) is 11.3. The number of fused-ring (bicyclic) bond motifs is 2. The van der Waals surface area contributed by atoms with E-state index in [0.717, 1.165) is 43.8 Å². The van der Waals surface area contributed by atoms with E-state index in [9.17, 15) is 10.2 Å². The highest BCUT2D eigenvalue weighted by Crippen LogP contribution is 2.39. The van der Waals surface area contributed by atoms with Gasteiger partial charge in [0, 0.05) is 23.6 Å². The summed E-state index contributed by atoms with van der Waals surface area (Å²) >= 11 is 0. The first kappa shape index (κ1) is 25.1. The lowest BCUT2D eigenvalue weighted by Crippen LogP contribution is -2.03. The Hall–Kier alpha value is -5.22. The molecule has 4 heteroatoms. The van der Waals surface area contributed by atoms with Crippen molar-refractivity contribution in [3.05, 3.63) is 156 Å². The van der Waals surface area contributed by atoms with E-state index in [4.69, 9.17) is 9.98 Å². The summed E-state index contributed by atoms with van der Waals surface area (Å²) in [7, 11) is 0. The van der Waals surface area contributed by atoms with E-state index in [1.165, 1.54) is 0 Å². The van der Waals surface area contributed by atoms with Crippen LogP contribution in [0.25, 0.3) is 21.5 Å². The minimum Gasteiger partial charge on any atom is -0.508 e. The molecule has 0 heterocycles. The molecule has 0 fully saturated rings. The summed E-state index contributed by atoms with van der Waals surface area (Å²) in [6.07, 6.45) is 3.38. The second-order valence-electron chi connectivity index (χ2n) is 9.66. The average Bonchev–Trinajstić information content (AvgIpc) is 3.01. The summed E-state index contributed by atoms with van der Waals surface area (Å²) in [5.74, 6) is 0.397. The molecule has 2 atom stereocenters. The molecular weight excluding hydrogens is 492 g/mol. The maximum Gasteiger partial charge on any atom is 0.121 e. The second-order valence-corrected chi connectivity index (χ2v) is 9.66. The van der Waals surface area contributed by atoms with E-state index in [2.05, 4.69) is 0 Å². The fraction of sp³-hybridized carbons (Fsp3) is 0.0556. The Balaban J connectivity index is 1.44. The Bertz CT molecular complexity index is 1690. The van der Waals surface area contributed by atoms with Gasteiger partial charge in [0.15, 0.2) is 0 Å². The Morgan fingerprint density at radius 2 is 0.800 bits per heavy atom. The van der Waals surface area contributed by atoms with Crippen LogP contribution < -0.4 is 0 Å². The topological polar surface area (TPSA) is 65.2 Å².